The third kappa shape index (κ3) is 4.81. The molecule has 1 N–H and O–H groups in total. The first-order valence-corrected chi connectivity index (χ1v) is 12.7. The monoisotopic (exact) mass is 480 g/mol. The second-order valence-corrected chi connectivity index (χ2v) is 10.4. The first-order chi connectivity index (χ1) is 15.9. The molecule has 33 heavy (non-hydrogen) atoms. The third-order valence-corrected chi connectivity index (χ3v) is 8.52. The first kappa shape index (κ1) is 23.1. The average Bonchev–Trinajstić information content (AvgIpc) is 3.35. The molecule has 3 aromatic rings. The van der Waals surface area contributed by atoms with E-state index in [0.29, 0.717) is 16.9 Å². The molecule has 0 spiro atoms. The number of thioether (sulfide) groups is 1. The van der Waals surface area contributed by atoms with Gasteiger partial charge in [0.15, 0.2) is 0 Å². The Bertz CT molecular complexity index is 1290. The van der Waals surface area contributed by atoms with Crippen LogP contribution in [-0.2, 0) is 14.8 Å². The summed E-state index contributed by atoms with van der Waals surface area (Å²) in [6.45, 7) is 0.201. The van der Waals surface area contributed by atoms with Crippen LogP contribution in [0.2, 0.25) is 0 Å². The summed E-state index contributed by atoms with van der Waals surface area (Å²) in [5, 5.41) is 1.84. The van der Waals surface area contributed by atoms with Gasteiger partial charge < -0.3 is 5.32 Å². The Morgan fingerprint density at radius 1 is 1.06 bits per heavy atom. The number of nitrogens with one attached hydrogen (secondary N) is 1. The maximum atomic E-state index is 14.1. The van der Waals surface area contributed by atoms with Crippen LogP contribution < -0.4 is 5.32 Å². The van der Waals surface area contributed by atoms with Gasteiger partial charge in [-0.05, 0) is 29.3 Å². The predicted octanol–water partition coefficient (Wildman–Crippen LogP) is 4.05. The molecule has 1 amide bonds. The lowest BCUT2D eigenvalue weighted by atomic mass is 10.1. The Labute approximate surface area is 197 Å². The van der Waals surface area contributed by atoms with E-state index >= 15 is 0 Å². The molecule has 2 atom stereocenters. The minimum atomic E-state index is -3.94. The van der Waals surface area contributed by atoms with Gasteiger partial charge in [0.2, 0.25) is 15.9 Å². The van der Waals surface area contributed by atoms with Gasteiger partial charge in [-0.3, -0.25) is 4.79 Å². The molecule has 5 nitrogen and oxygen atoms in total. The van der Waals surface area contributed by atoms with Gasteiger partial charge in [0, 0.05) is 17.9 Å². The normalized spacial score (nSPS) is 17.3. The molecule has 3 aromatic carbocycles. The summed E-state index contributed by atoms with van der Waals surface area (Å²) < 4.78 is 41.9. The summed E-state index contributed by atoms with van der Waals surface area (Å²) >= 11 is 1.25. The van der Waals surface area contributed by atoms with Gasteiger partial charge in [-0.2, -0.15) is 4.31 Å². The van der Waals surface area contributed by atoms with Crippen LogP contribution in [0.3, 0.4) is 0 Å². The molecular weight excluding hydrogens is 459 g/mol. The standard InChI is InChI=1S/C25H21FN2O3S2/c1-2-23(19-8-4-3-5-9-19)27-24(29)25-28(16-17-32-25)33(30,31)20-14-12-18(13-15-20)21-10-6-7-11-22(21)26/h1,3-15,23,25H,16-17H2,(H,27,29)/t23-,25-/m0/s1. The molecule has 4 rings (SSSR count). The van der Waals surface area contributed by atoms with Crippen LogP contribution >= 0.6 is 11.8 Å². The van der Waals surface area contributed by atoms with Crippen LogP contribution in [0.5, 0.6) is 0 Å². The Morgan fingerprint density at radius 3 is 2.39 bits per heavy atom. The summed E-state index contributed by atoms with van der Waals surface area (Å²) in [7, 11) is -3.94. The predicted molar refractivity (Wildman–Crippen MR) is 128 cm³/mol. The fraction of sp³-hybridized carbons (Fsp3) is 0.160. The van der Waals surface area contributed by atoms with Crippen molar-refractivity contribution in [2.45, 2.75) is 16.3 Å². The number of amides is 1. The summed E-state index contributed by atoms with van der Waals surface area (Å²) in [4.78, 5) is 13.0. The minimum absolute atomic E-state index is 0.0412. The van der Waals surface area contributed by atoms with Crippen molar-refractivity contribution < 1.29 is 17.6 Å². The van der Waals surface area contributed by atoms with Crippen molar-refractivity contribution in [1.29, 1.82) is 0 Å². The van der Waals surface area contributed by atoms with Crippen molar-refractivity contribution in [3.05, 3.63) is 90.2 Å². The zero-order valence-electron chi connectivity index (χ0n) is 17.5. The van der Waals surface area contributed by atoms with Crippen LogP contribution in [-0.4, -0.2) is 36.3 Å². The highest BCUT2D eigenvalue weighted by Gasteiger charge is 2.40. The molecule has 0 unspecified atom stereocenters. The highest BCUT2D eigenvalue weighted by molar-refractivity contribution is 8.02. The lowest BCUT2D eigenvalue weighted by Gasteiger charge is -2.24. The van der Waals surface area contributed by atoms with E-state index in [1.165, 1.54) is 34.3 Å². The summed E-state index contributed by atoms with van der Waals surface area (Å²) in [6, 6.07) is 20.7. The molecule has 0 aromatic heterocycles. The average molecular weight is 481 g/mol. The van der Waals surface area contributed by atoms with Gasteiger partial charge in [0.25, 0.3) is 0 Å². The highest BCUT2D eigenvalue weighted by atomic mass is 32.2. The molecule has 1 heterocycles. The lowest BCUT2D eigenvalue weighted by molar-refractivity contribution is -0.122. The van der Waals surface area contributed by atoms with Crippen molar-refractivity contribution in [2.75, 3.05) is 12.3 Å². The second-order valence-electron chi connectivity index (χ2n) is 7.36. The van der Waals surface area contributed by atoms with Crippen LogP contribution in [0.15, 0.2) is 83.8 Å². The number of carbonyl (C=O) groups is 1. The Morgan fingerprint density at radius 2 is 1.73 bits per heavy atom. The largest absolute Gasteiger partial charge is 0.336 e. The number of rotatable bonds is 6. The molecule has 1 aliphatic heterocycles. The SMILES string of the molecule is C#C[C@H](NC(=O)[C@@H]1SCCN1S(=O)(=O)c1ccc(-c2ccccc2F)cc1)c1ccccc1. The van der Waals surface area contributed by atoms with Crippen LogP contribution in [0.25, 0.3) is 11.1 Å². The maximum absolute atomic E-state index is 14.1. The number of benzene rings is 3. The van der Waals surface area contributed by atoms with Gasteiger partial charge in [-0.15, -0.1) is 18.2 Å². The van der Waals surface area contributed by atoms with E-state index in [0.717, 1.165) is 5.56 Å². The number of terminal acetylenes is 1. The Balaban J connectivity index is 1.54. The number of sulfonamides is 1. The molecular formula is C25H21FN2O3S2. The molecule has 0 saturated carbocycles. The topological polar surface area (TPSA) is 66.5 Å². The molecule has 168 valence electrons. The number of nitrogens with zero attached hydrogens (tertiary/aromatic N) is 1. The zero-order chi connectivity index (χ0) is 23.4. The quantitative estimate of drug-likeness (QED) is 0.541. The van der Waals surface area contributed by atoms with Crippen LogP contribution in [0.1, 0.15) is 11.6 Å². The highest BCUT2D eigenvalue weighted by Crippen LogP contribution is 2.32. The molecule has 0 radical (unpaired) electrons. The number of halogens is 1. The minimum Gasteiger partial charge on any atom is -0.336 e. The number of hydrogen-bond donors (Lipinski definition) is 1. The van der Waals surface area contributed by atoms with Gasteiger partial charge in [0.05, 0.1) is 4.90 Å². The van der Waals surface area contributed by atoms with E-state index in [4.69, 9.17) is 6.42 Å². The van der Waals surface area contributed by atoms with E-state index in [2.05, 4.69) is 11.2 Å². The van der Waals surface area contributed by atoms with Crippen molar-refractivity contribution in [3.63, 3.8) is 0 Å². The summed E-state index contributed by atoms with van der Waals surface area (Å²) in [6.07, 6.45) is 5.61. The summed E-state index contributed by atoms with van der Waals surface area (Å²) in [5.74, 6) is 2.18. The number of hydrogen-bond acceptors (Lipinski definition) is 4. The Kier molecular flexibility index (Phi) is 6.84. The van der Waals surface area contributed by atoms with E-state index < -0.39 is 27.3 Å². The van der Waals surface area contributed by atoms with E-state index in [1.807, 2.05) is 18.2 Å². The Hall–Kier alpha value is -3.12. The third-order valence-electron chi connectivity index (χ3n) is 5.31. The van der Waals surface area contributed by atoms with Gasteiger partial charge in [-0.1, -0.05) is 66.6 Å². The molecule has 0 aliphatic carbocycles. The van der Waals surface area contributed by atoms with Crippen molar-refractivity contribution in [2.24, 2.45) is 0 Å². The van der Waals surface area contributed by atoms with Crippen LogP contribution in [0, 0.1) is 18.2 Å². The smallest absolute Gasteiger partial charge is 0.249 e. The molecule has 0 bridgehead atoms. The van der Waals surface area contributed by atoms with Crippen molar-refractivity contribution in [3.8, 4) is 23.5 Å². The molecule has 1 aliphatic rings. The fourth-order valence-electron chi connectivity index (χ4n) is 3.62. The van der Waals surface area contributed by atoms with Crippen molar-refractivity contribution in [1.82, 2.24) is 9.62 Å². The van der Waals surface area contributed by atoms with Crippen molar-refractivity contribution >= 4 is 27.7 Å². The second kappa shape index (κ2) is 9.79. The van der Waals surface area contributed by atoms with E-state index in [1.54, 1.807) is 42.5 Å². The first-order valence-electron chi connectivity index (χ1n) is 10.2. The maximum Gasteiger partial charge on any atom is 0.249 e. The molecule has 8 heteroatoms. The summed E-state index contributed by atoms with van der Waals surface area (Å²) in [5.41, 5.74) is 1.70. The van der Waals surface area contributed by atoms with Gasteiger partial charge in [0.1, 0.15) is 17.2 Å². The van der Waals surface area contributed by atoms with E-state index in [9.17, 15) is 17.6 Å². The molecule has 1 saturated heterocycles. The fourth-order valence-corrected chi connectivity index (χ4v) is 6.71. The zero-order valence-corrected chi connectivity index (χ0v) is 19.2. The van der Waals surface area contributed by atoms with Crippen LogP contribution in [0.4, 0.5) is 4.39 Å². The van der Waals surface area contributed by atoms with Gasteiger partial charge >= 0.3 is 0 Å². The number of carbonyl (C=O) groups excluding carboxylic acids is 1. The van der Waals surface area contributed by atoms with Gasteiger partial charge in [-0.25, -0.2) is 12.8 Å². The van der Waals surface area contributed by atoms with E-state index in [-0.39, 0.29) is 17.3 Å². The molecule has 1 fully saturated rings. The lowest BCUT2D eigenvalue weighted by Crippen LogP contribution is -2.45.